The van der Waals surface area contributed by atoms with Crippen molar-refractivity contribution in [2.24, 2.45) is 5.92 Å². The molecule has 0 aromatic carbocycles. The quantitative estimate of drug-likeness (QED) is 0.847. The van der Waals surface area contributed by atoms with Crippen molar-refractivity contribution in [3.8, 4) is 0 Å². The second-order valence-corrected chi connectivity index (χ2v) is 6.57. The van der Waals surface area contributed by atoms with Crippen LogP contribution < -0.4 is 0 Å². The predicted molar refractivity (Wildman–Crippen MR) is 82.1 cm³/mol. The first-order valence-corrected chi connectivity index (χ1v) is 8.34. The van der Waals surface area contributed by atoms with Gasteiger partial charge in [-0.25, -0.2) is 0 Å². The summed E-state index contributed by atoms with van der Waals surface area (Å²) in [6.07, 6.45) is 11.2. The fourth-order valence-corrected chi connectivity index (χ4v) is 3.85. The van der Waals surface area contributed by atoms with Crippen LogP contribution in [0.1, 0.15) is 57.1 Å². The number of aromatic nitrogens is 1. The van der Waals surface area contributed by atoms with E-state index in [0.29, 0.717) is 12.2 Å². The van der Waals surface area contributed by atoms with Crippen LogP contribution in [-0.2, 0) is 16.0 Å². The third-order valence-electron chi connectivity index (χ3n) is 5.07. The van der Waals surface area contributed by atoms with E-state index in [9.17, 15) is 4.79 Å². The molecular weight excluding hydrogens is 262 g/mol. The monoisotopic (exact) mass is 287 g/mol. The van der Waals surface area contributed by atoms with Crippen LogP contribution in [0.4, 0.5) is 0 Å². The second-order valence-electron chi connectivity index (χ2n) is 6.57. The Kier molecular flexibility index (Phi) is 4.69. The molecule has 0 radical (unpaired) electrons. The molecule has 1 aromatic rings. The Morgan fingerprint density at radius 1 is 1.29 bits per heavy atom. The van der Waals surface area contributed by atoms with Crippen molar-refractivity contribution in [1.82, 2.24) is 4.98 Å². The van der Waals surface area contributed by atoms with Crippen LogP contribution in [0.5, 0.6) is 0 Å². The molecule has 1 saturated carbocycles. The number of aryl methyl sites for hydroxylation is 1. The van der Waals surface area contributed by atoms with Crippen molar-refractivity contribution < 1.29 is 9.53 Å². The number of carbonyl (C=O) groups is 1. The summed E-state index contributed by atoms with van der Waals surface area (Å²) in [6, 6.07) is 5.90. The van der Waals surface area contributed by atoms with Crippen molar-refractivity contribution >= 4 is 5.78 Å². The summed E-state index contributed by atoms with van der Waals surface area (Å²) in [5.74, 6) is 0.620. The number of nitrogens with zero attached hydrogens (tertiary/aromatic N) is 1. The molecule has 0 bridgehead atoms. The maximum Gasteiger partial charge on any atom is 0.136 e. The van der Waals surface area contributed by atoms with Crippen molar-refractivity contribution in [3.05, 3.63) is 30.1 Å². The SMILES string of the molecule is O=C(CCc1ccccn1)C1CCOC2(CCCCC2)C1. The molecule has 3 nitrogen and oxygen atoms in total. The molecule has 2 aliphatic rings. The summed E-state index contributed by atoms with van der Waals surface area (Å²) in [5, 5.41) is 0. The Morgan fingerprint density at radius 3 is 2.90 bits per heavy atom. The van der Waals surface area contributed by atoms with E-state index in [1.807, 2.05) is 18.2 Å². The van der Waals surface area contributed by atoms with Crippen LogP contribution in [0.25, 0.3) is 0 Å². The highest BCUT2D eigenvalue weighted by Crippen LogP contribution is 2.41. The van der Waals surface area contributed by atoms with Gasteiger partial charge in [-0.05, 0) is 44.2 Å². The highest BCUT2D eigenvalue weighted by molar-refractivity contribution is 5.81. The van der Waals surface area contributed by atoms with E-state index in [4.69, 9.17) is 4.74 Å². The van der Waals surface area contributed by atoms with E-state index in [1.54, 1.807) is 6.20 Å². The zero-order chi connectivity index (χ0) is 14.5. The lowest BCUT2D eigenvalue weighted by Crippen LogP contribution is -2.43. The molecule has 1 unspecified atom stereocenters. The van der Waals surface area contributed by atoms with E-state index in [0.717, 1.165) is 44.4 Å². The van der Waals surface area contributed by atoms with Gasteiger partial charge in [0.25, 0.3) is 0 Å². The average molecular weight is 287 g/mol. The molecule has 114 valence electrons. The highest BCUT2D eigenvalue weighted by atomic mass is 16.5. The summed E-state index contributed by atoms with van der Waals surface area (Å²) < 4.78 is 6.09. The summed E-state index contributed by atoms with van der Waals surface area (Å²) >= 11 is 0. The molecule has 0 N–H and O–H groups in total. The van der Waals surface area contributed by atoms with E-state index in [-0.39, 0.29) is 11.5 Å². The Bertz CT molecular complexity index is 460. The van der Waals surface area contributed by atoms with Gasteiger partial charge in [-0.15, -0.1) is 0 Å². The second kappa shape index (κ2) is 6.69. The predicted octanol–water partition coefficient (Wildman–Crippen LogP) is 3.71. The molecule has 3 rings (SSSR count). The van der Waals surface area contributed by atoms with Crippen LogP contribution in [-0.4, -0.2) is 23.0 Å². The topological polar surface area (TPSA) is 39.2 Å². The summed E-state index contributed by atoms with van der Waals surface area (Å²) in [5.41, 5.74) is 1.05. The first kappa shape index (κ1) is 14.7. The first-order valence-electron chi connectivity index (χ1n) is 8.34. The Hall–Kier alpha value is -1.22. The molecule has 0 amide bonds. The number of ether oxygens (including phenoxy) is 1. The molecule has 21 heavy (non-hydrogen) atoms. The highest BCUT2D eigenvalue weighted by Gasteiger charge is 2.40. The van der Waals surface area contributed by atoms with Gasteiger partial charge in [0.2, 0.25) is 0 Å². The zero-order valence-corrected chi connectivity index (χ0v) is 12.7. The van der Waals surface area contributed by atoms with Crippen LogP contribution in [0.3, 0.4) is 0 Å². The smallest absolute Gasteiger partial charge is 0.136 e. The van der Waals surface area contributed by atoms with Crippen molar-refractivity contribution in [3.63, 3.8) is 0 Å². The van der Waals surface area contributed by atoms with Crippen molar-refractivity contribution in [2.45, 2.75) is 63.4 Å². The lowest BCUT2D eigenvalue weighted by atomic mass is 9.74. The molecule has 1 saturated heterocycles. The van der Waals surface area contributed by atoms with Crippen LogP contribution in [0, 0.1) is 5.92 Å². The van der Waals surface area contributed by atoms with Gasteiger partial charge in [-0.3, -0.25) is 9.78 Å². The van der Waals surface area contributed by atoms with Crippen LogP contribution in [0.15, 0.2) is 24.4 Å². The number of ketones is 1. The number of carbonyl (C=O) groups excluding carboxylic acids is 1. The fraction of sp³-hybridized carbons (Fsp3) is 0.667. The van der Waals surface area contributed by atoms with Gasteiger partial charge in [0.05, 0.1) is 5.60 Å². The molecule has 1 aliphatic heterocycles. The van der Waals surface area contributed by atoms with Gasteiger partial charge in [0.1, 0.15) is 5.78 Å². The largest absolute Gasteiger partial charge is 0.375 e. The number of Topliss-reactive ketones (excluding diaryl/α,β-unsaturated/α-hetero) is 1. The molecule has 1 atom stereocenters. The van der Waals surface area contributed by atoms with Crippen molar-refractivity contribution in [2.75, 3.05) is 6.61 Å². The Morgan fingerprint density at radius 2 is 2.14 bits per heavy atom. The maximum absolute atomic E-state index is 12.5. The number of hydrogen-bond acceptors (Lipinski definition) is 3. The normalized spacial score (nSPS) is 24.9. The number of hydrogen-bond donors (Lipinski definition) is 0. The number of rotatable bonds is 4. The molecule has 2 fully saturated rings. The van der Waals surface area contributed by atoms with Gasteiger partial charge in [-0.2, -0.15) is 0 Å². The van der Waals surface area contributed by atoms with Crippen molar-refractivity contribution in [1.29, 1.82) is 0 Å². The minimum atomic E-state index is 0.0296. The minimum absolute atomic E-state index is 0.0296. The van der Waals surface area contributed by atoms with Gasteiger partial charge >= 0.3 is 0 Å². The molecular formula is C18H25NO2. The summed E-state index contributed by atoms with van der Waals surface area (Å²) in [4.78, 5) is 16.8. The fourth-order valence-electron chi connectivity index (χ4n) is 3.85. The first-order chi connectivity index (χ1) is 10.3. The van der Waals surface area contributed by atoms with E-state index in [1.165, 1.54) is 19.3 Å². The molecule has 1 aromatic heterocycles. The van der Waals surface area contributed by atoms with Crippen LogP contribution in [0.2, 0.25) is 0 Å². The van der Waals surface area contributed by atoms with E-state index >= 15 is 0 Å². The maximum atomic E-state index is 12.5. The molecule has 1 aliphatic carbocycles. The van der Waals surface area contributed by atoms with Crippen LogP contribution >= 0.6 is 0 Å². The summed E-state index contributed by atoms with van der Waals surface area (Å²) in [7, 11) is 0. The van der Waals surface area contributed by atoms with Gasteiger partial charge in [-0.1, -0.05) is 25.3 Å². The Labute approximate surface area is 127 Å². The third-order valence-corrected chi connectivity index (χ3v) is 5.07. The minimum Gasteiger partial charge on any atom is -0.375 e. The van der Waals surface area contributed by atoms with E-state index in [2.05, 4.69) is 4.98 Å². The lowest BCUT2D eigenvalue weighted by Gasteiger charge is -2.43. The van der Waals surface area contributed by atoms with Gasteiger partial charge in [0.15, 0.2) is 0 Å². The molecule has 1 spiro atoms. The van der Waals surface area contributed by atoms with E-state index < -0.39 is 0 Å². The molecule has 2 heterocycles. The average Bonchev–Trinajstić information content (AvgIpc) is 2.54. The Balaban J connectivity index is 1.54. The van der Waals surface area contributed by atoms with Gasteiger partial charge < -0.3 is 4.74 Å². The van der Waals surface area contributed by atoms with Gasteiger partial charge in [0, 0.05) is 30.8 Å². The molecule has 3 heteroatoms. The standard InChI is InChI=1S/C18H25NO2/c20-17(8-7-16-6-2-5-12-19-16)15-9-13-21-18(14-15)10-3-1-4-11-18/h2,5-6,12,15H,1,3-4,7-11,13-14H2. The lowest BCUT2D eigenvalue weighted by molar-refractivity contribution is -0.142. The summed E-state index contributed by atoms with van der Waals surface area (Å²) in [6.45, 7) is 0.764. The zero-order valence-electron chi connectivity index (χ0n) is 12.7. The number of pyridine rings is 1. The third kappa shape index (κ3) is 3.70.